The molecule has 0 amide bonds. The Hall–Kier alpha value is -0.810. The molecular weight excluding hydrogens is 254 g/mol. The molecule has 5 heteroatoms. The Kier molecular flexibility index (Phi) is 7.05. The van der Waals surface area contributed by atoms with Crippen LogP contribution in [0.1, 0.15) is 13.3 Å². The number of aliphatic hydroxyl groups is 2. The first-order chi connectivity index (χ1) is 8.61. The van der Waals surface area contributed by atoms with E-state index in [0.29, 0.717) is 30.3 Å². The number of halogens is 1. The number of rotatable bonds is 8. The predicted octanol–water partition coefficient (Wildman–Crippen LogP) is 1.44. The van der Waals surface area contributed by atoms with Crippen LogP contribution in [0, 0.1) is 0 Å². The summed E-state index contributed by atoms with van der Waals surface area (Å²) in [5.74, 6) is 0.673. The number of benzene rings is 1. The Morgan fingerprint density at radius 2 is 1.78 bits per heavy atom. The molecule has 18 heavy (non-hydrogen) atoms. The molecule has 1 rings (SSSR count). The Bertz CT molecular complexity index is 332. The summed E-state index contributed by atoms with van der Waals surface area (Å²) in [6.45, 7) is 2.99. The van der Waals surface area contributed by atoms with Crippen molar-refractivity contribution in [2.75, 3.05) is 19.7 Å². The van der Waals surface area contributed by atoms with E-state index in [2.05, 4.69) is 5.32 Å². The largest absolute Gasteiger partial charge is 0.491 e. The minimum Gasteiger partial charge on any atom is -0.491 e. The first kappa shape index (κ1) is 15.2. The summed E-state index contributed by atoms with van der Waals surface area (Å²) in [7, 11) is 0. The molecule has 2 atom stereocenters. The minimum atomic E-state index is -0.607. The van der Waals surface area contributed by atoms with E-state index in [9.17, 15) is 10.2 Å². The van der Waals surface area contributed by atoms with Crippen molar-refractivity contribution in [1.82, 2.24) is 5.32 Å². The van der Waals surface area contributed by atoms with Gasteiger partial charge in [-0.25, -0.2) is 0 Å². The van der Waals surface area contributed by atoms with Crippen molar-refractivity contribution in [3.8, 4) is 5.75 Å². The van der Waals surface area contributed by atoms with E-state index in [1.807, 2.05) is 6.92 Å². The van der Waals surface area contributed by atoms with Gasteiger partial charge in [-0.15, -0.1) is 0 Å². The van der Waals surface area contributed by atoms with E-state index in [4.69, 9.17) is 16.3 Å². The highest BCUT2D eigenvalue weighted by atomic mass is 35.5. The molecule has 0 saturated heterocycles. The summed E-state index contributed by atoms with van der Waals surface area (Å²) in [4.78, 5) is 0. The van der Waals surface area contributed by atoms with Crippen LogP contribution in [0.25, 0.3) is 0 Å². The van der Waals surface area contributed by atoms with Crippen LogP contribution in [0.3, 0.4) is 0 Å². The third-order valence-electron chi connectivity index (χ3n) is 2.49. The van der Waals surface area contributed by atoms with Crippen LogP contribution in [0.4, 0.5) is 0 Å². The summed E-state index contributed by atoms with van der Waals surface area (Å²) in [5, 5.41) is 22.6. The van der Waals surface area contributed by atoms with Gasteiger partial charge in [-0.2, -0.15) is 0 Å². The first-order valence-electron chi connectivity index (χ1n) is 6.07. The van der Waals surface area contributed by atoms with Crippen LogP contribution >= 0.6 is 11.6 Å². The molecule has 0 aliphatic heterocycles. The number of hydrogen-bond donors (Lipinski definition) is 3. The molecule has 0 bridgehead atoms. The Morgan fingerprint density at radius 3 is 2.39 bits per heavy atom. The number of hydrogen-bond acceptors (Lipinski definition) is 4. The molecule has 0 aliphatic carbocycles. The van der Waals surface area contributed by atoms with Crippen molar-refractivity contribution in [3.05, 3.63) is 29.3 Å². The van der Waals surface area contributed by atoms with Gasteiger partial charge in [0.05, 0.1) is 6.10 Å². The van der Waals surface area contributed by atoms with E-state index in [1.54, 1.807) is 24.3 Å². The molecule has 2 unspecified atom stereocenters. The lowest BCUT2D eigenvalue weighted by Crippen LogP contribution is -2.35. The minimum absolute atomic E-state index is 0.205. The van der Waals surface area contributed by atoms with Crippen LogP contribution in [-0.4, -0.2) is 42.1 Å². The van der Waals surface area contributed by atoms with E-state index in [-0.39, 0.29) is 12.7 Å². The van der Waals surface area contributed by atoms with Gasteiger partial charge < -0.3 is 20.3 Å². The summed E-state index contributed by atoms with van der Waals surface area (Å²) >= 11 is 5.75. The zero-order valence-electron chi connectivity index (χ0n) is 10.5. The van der Waals surface area contributed by atoms with Crippen LogP contribution in [0.2, 0.25) is 5.02 Å². The lowest BCUT2D eigenvalue weighted by atomic mass is 10.2. The van der Waals surface area contributed by atoms with Crippen molar-refractivity contribution >= 4 is 11.6 Å². The average Bonchev–Trinajstić information content (AvgIpc) is 2.38. The maximum absolute atomic E-state index is 9.66. The highest BCUT2D eigenvalue weighted by Crippen LogP contribution is 2.15. The van der Waals surface area contributed by atoms with Gasteiger partial charge in [-0.1, -0.05) is 18.5 Å². The monoisotopic (exact) mass is 273 g/mol. The molecule has 102 valence electrons. The van der Waals surface area contributed by atoms with E-state index in [1.165, 1.54) is 0 Å². The predicted molar refractivity (Wildman–Crippen MR) is 72.1 cm³/mol. The summed E-state index contributed by atoms with van der Waals surface area (Å²) in [6, 6.07) is 6.98. The lowest BCUT2D eigenvalue weighted by Gasteiger charge is -2.14. The lowest BCUT2D eigenvalue weighted by molar-refractivity contribution is 0.0992. The van der Waals surface area contributed by atoms with Gasteiger partial charge >= 0.3 is 0 Å². The van der Waals surface area contributed by atoms with Gasteiger partial charge in [-0.3, -0.25) is 0 Å². The number of aliphatic hydroxyl groups excluding tert-OH is 2. The summed E-state index contributed by atoms with van der Waals surface area (Å²) < 4.78 is 5.40. The molecule has 0 spiro atoms. The van der Waals surface area contributed by atoms with Crippen LogP contribution in [0.5, 0.6) is 5.75 Å². The Balaban J connectivity index is 2.16. The van der Waals surface area contributed by atoms with Gasteiger partial charge in [0, 0.05) is 18.1 Å². The second-order valence-corrected chi connectivity index (χ2v) is 4.58. The molecule has 0 fully saturated rings. The number of nitrogens with one attached hydrogen (secondary N) is 1. The molecular formula is C13H20ClNO3. The fourth-order valence-electron chi connectivity index (χ4n) is 1.34. The normalized spacial score (nSPS) is 14.2. The van der Waals surface area contributed by atoms with Crippen molar-refractivity contribution in [2.24, 2.45) is 0 Å². The van der Waals surface area contributed by atoms with Crippen molar-refractivity contribution in [2.45, 2.75) is 25.6 Å². The zero-order valence-corrected chi connectivity index (χ0v) is 11.2. The third kappa shape index (κ3) is 6.21. The molecule has 0 radical (unpaired) electrons. The number of ether oxygens (including phenoxy) is 1. The SMILES string of the molecule is CCC(O)CNCC(O)COc1ccc(Cl)cc1. The Morgan fingerprint density at radius 1 is 1.17 bits per heavy atom. The van der Waals surface area contributed by atoms with Gasteiger partial charge in [-0.05, 0) is 30.7 Å². The molecule has 0 heterocycles. The molecule has 1 aromatic rings. The topological polar surface area (TPSA) is 61.7 Å². The van der Waals surface area contributed by atoms with Gasteiger partial charge in [0.1, 0.15) is 18.5 Å². The molecule has 0 saturated carbocycles. The first-order valence-corrected chi connectivity index (χ1v) is 6.44. The third-order valence-corrected chi connectivity index (χ3v) is 2.74. The second kappa shape index (κ2) is 8.32. The van der Waals surface area contributed by atoms with Gasteiger partial charge in [0.2, 0.25) is 0 Å². The highest BCUT2D eigenvalue weighted by molar-refractivity contribution is 6.30. The van der Waals surface area contributed by atoms with E-state index < -0.39 is 6.10 Å². The summed E-state index contributed by atoms with van der Waals surface area (Å²) in [5.41, 5.74) is 0. The standard InChI is InChI=1S/C13H20ClNO3/c1-2-11(16)7-15-8-12(17)9-18-13-5-3-10(14)4-6-13/h3-6,11-12,15-17H,2,7-9H2,1H3. The summed E-state index contributed by atoms with van der Waals surface area (Å²) in [6.07, 6.45) is -0.274. The molecule has 4 nitrogen and oxygen atoms in total. The molecule has 3 N–H and O–H groups in total. The molecule has 0 aliphatic rings. The van der Waals surface area contributed by atoms with Crippen molar-refractivity contribution in [3.63, 3.8) is 0 Å². The fourth-order valence-corrected chi connectivity index (χ4v) is 1.47. The van der Waals surface area contributed by atoms with Crippen LogP contribution in [0.15, 0.2) is 24.3 Å². The fraction of sp³-hybridized carbons (Fsp3) is 0.538. The smallest absolute Gasteiger partial charge is 0.119 e. The maximum Gasteiger partial charge on any atom is 0.119 e. The zero-order chi connectivity index (χ0) is 13.4. The maximum atomic E-state index is 9.66. The van der Waals surface area contributed by atoms with E-state index >= 15 is 0 Å². The van der Waals surface area contributed by atoms with Gasteiger partial charge in [0.15, 0.2) is 0 Å². The highest BCUT2D eigenvalue weighted by Gasteiger charge is 2.06. The van der Waals surface area contributed by atoms with Crippen molar-refractivity contribution in [1.29, 1.82) is 0 Å². The van der Waals surface area contributed by atoms with Crippen LogP contribution in [-0.2, 0) is 0 Å². The van der Waals surface area contributed by atoms with Crippen molar-refractivity contribution < 1.29 is 14.9 Å². The average molecular weight is 274 g/mol. The van der Waals surface area contributed by atoms with Crippen LogP contribution < -0.4 is 10.1 Å². The quantitative estimate of drug-likeness (QED) is 0.671. The second-order valence-electron chi connectivity index (χ2n) is 4.14. The van der Waals surface area contributed by atoms with Gasteiger partial charge in [0.25, 0.3) is 0 Å². The van der Waals surface area contributed by atoms with E-state index in [0.717, 1.165) is 0 Å². The molecule has 0 aromatic heterocycles. The Labute approximate surface area is 113 Å². The molecule has 1 aromatic carbocycles.